The summed E-state index contributed by atoms with van der Waals surface area (Å²) in [7, 11) is 0. The summed E-state index contributed by atoms with van der Waals surface area (Å²) in [6.07, 6.45) is 9.21. The Kier molecular flexibility index (Phi) is 7.88. The van der Waals surface area contributed by atoms with E-state index in [9.17, 15) is 14.4 Å². The predicted molar refractivity (Wildman–Crippen MR) is 96.8 cm³/mol. The molecule has 0 radical (unpaired) electrons. The first kappa shape index (κ1) is 19.9. The molecule has 2 amide bonds. The molecule has 0 unspecified atom stereocenters. The quantitative estimate of drug-likeness (QED) is 0.731. The average Bonchev–Trinajstić information content (AvgIpc) is 2.76. The van der Waals surface area contributed by atoms with Gasteiger partial charge in [-0.05, 0) is 32.1 Å². The zero-order valence-corrected chi connectivity index (χ0v) is 15.5. The predicted octanol–water partition coefficient (Wildman–Crippen LogP) is 1.76. The van der Waals surface area contributed by atoms with E-state index in [0.717, 1.165) is 12.8 Å². The molecule has 1 saturated carbocycles. The van der Waals surface area contributed by atoms with Gasteiger partial charge in [-0.2, -0.15) is 0 Å². The Morgan fingerprint density at radius 2 is 1.84 bits per heavy atom. The van der Waals surface area contributed by atoms with Crippen LogP contribution in [-0.2, 0) is 14.4 Å². The number of amides is 2. The summed E-state index contributed by atoms with van der Waals surface area (Å²) in [6, 6.07) is -0.153. The monoisotopic (exact) mass is 351 g/mol. The first-order valence-corrected chi connectivity index (χ1v) is 9.81. The molecule has 2 atom stereocenters. The molecule has 1 aliphatic carbocycles. The molecule has 1 saturated heterocycles. The van der Waals surface area contributed by atoms with Crippen LogP contribution in [-0.4, -0.2) is 47.7 Å². The van der Waals surface area contributed by atoms with E-state index in [4.69, 9.17) is 5.73 Å². The van der Waals surface area contributed by atoms with Crippen LogP contribution in [0.4, 0.5) is 0 Å². The van der Waals surface area contributed by atoms with E-state index in [2.05, 4.69) is 5.32 Å². The summed E-state index contributed by atoms with van der Waals surface area (Å²) in [5, 5.41) is 3.19. The van der Waals surface area contributed by atoms with Crippen molar-refractivity contribution >= 4 is 17.6 Å². The number of hydrogen-bond acceptors (Lipinski definition) is 4. The fourth-order valence-corrected chi connectivity index (χ4v) is 4.03. The lowest BCUT2D eigenvalue weighted by atomic mass is 9.86. The van der Waals surface area contributed by atoms with Crippen LogP contribution in [0.15, 0.2) is 0 Å². The van der Waals surface area contributed by atoms with E-state index in [0.29, 0.717) is 18.8 Å². The van der Waals surface area contributed by atoms with Gasteiger partial charge in [0, 0.05) is 25.4 Å². The zero-order chi connectivity index (χ0) is 18.2. The van der Waals surface area contributed by atoms with Gasteiger partial charge in [0.25, 0.3) is 0 Å². The minimum atomic E-state index is -0.433. The van der Waals surface area contributed by atoms with Crippen molar-refractivity contribution in [3.63, 3.8) is 0 Å². The Labute approximate surface area is 150 Å². The summed E-state index contributed by atoms with van der Waals surface area (Å²) in [6.45, 7) is 2.59. The van der Waals surface area contributed by atoms with Crippen molar-refractivity contribution < 1.29 is 14.4 Å². The molecular formula is C19H33N3O3. The van der Waals surface area contributed by atoms with E-state index < -0.39 is 11.9 Å². The van der Waals surface area contributed by atoms with Crippen LogP contribution in [0.25, 0.3) is 0 Å². The van der Waals surface area contributed by atoms with Crippen molar-refractivity contribution in [1.29, 1.82) is 0 Å². The minimum absolute atomic E-state index is 0.000253. The number of nitrogens with zero attached hydrogens (tertiary/aromatic N) is 1. The maximum absolute atomic E-state index is 12.8. The number of hydrogen-bond donors (Lipinski definition) is 2. The molecule has 25 heavy (non-hydrogen) atoms. The van der Waals surface area contributed by atoms with Crippen LogP contribution in [0.1, 0.15) is 71.1 Å². The fraction of sp³-hybridized carbons (Fsp3) is 0.842. The number of carbonyl (C=O) groups is 3. The summed E-state index contributed by atoms with van der Waals surface area (Å²) < 4.78 is 0. The van der Waals surface area contributed by atoms with Gasteiger partial charge in [0.05, 0.1) is 12.6 Å². The molecule has 0 spiro atoms. The van der Waals surface area contributed by atoms with E-state index in [-0.39, 0.29) is 37.2 Å². The summed E-state index contributed by atoms with van der Waals surface area (Å²) in [5.74, 6) is 0.236. The lowest BCUT2D eigenvalue weighted by Crippen LogP contribution is -2.47. The van der Waals surface area contributed by atoms with Crippen molar-refractivity contribution in [2.24, 2.45) is 11.7 Å². The van der Waals surface area contributed by atoms with Gasteiger partial charge in [-0.3, -0.25) is 14.4 Å². The normalized spacial score (nSPS) is 25.4. The number of carbonyl (C=O) groups excluding carboxylic acids is 3. The van der Waals surface area contributed by atoms with Crippen molar-refractivity contribution in [2.45, 2.75) is 83.2 Å². The molecule has 0 aromatic carbocycles. The molecule has 1 heterocycles. The third-order valence-corrected chi connectivity index (χ3v) is 5.66. The highest BCUT2D eigenvalue weighted by atomic mass is 16.2. The molecule has 2 fully saturated rings. The maximum Gasteiger partial charge on any atom is 0.223 e. The Morgan fingerprint density at radius 1 is 1.12 bits per heavy atom. The second kappa shape index (κ2) is 9.90. The molecule has 0 aromatic heterocycles. The Hall–Kier alpha value is -1.43. The average molecular weight is 351 g/mol. The lowest BCUT2D eigenvalue weighted by molar-refractivity contribution is -0.140. The molecule has 6 nitrogen and oxygen atoms in total. The van der Waals surface area contributed by atoms with Gasteiger partial charge in [0.1, 0.15) is 0 Å². The highest BCUT2D eigenvalue weighted by molar-refractivity contribution is 5.91. The standard InChI is InChI=1S/C19H33N3O3/c1-14-7-9-16(17(23)13-21-14)22(12-11-18(20)24)19(25)10-8-15-5-3-2-4-6-15/h14-16,21H,2-13H2,1H3,(H2,20,24)/t14-,16+/m1/s1. The molecule has 2 rings (SSSR count). The van der Waals surface area contributed by atoms with Crippen molar-refractivity contribution in [1.82, 2.24) is 10.2 Å². The molecule has 0 bridgehead atoms. The fourth-order valence-electron chi connectivity index (χ4n) is 4.03. The zero-order valence-electron chi connectivity index (χ0n) is 15.5. The second-order valence-corrected chi connectivity index (χ2v) is 7.69. The van der Waals surface area contributed by atoms with E-state index in [1.807, 2.05) is 6.92 Å². The molecule has 0 aromatic rings. The number of ketones is 1. The van der Waals surface area contributed by atoms with Crippen molar-refractivity contribution in [3.8, 4) is 0 Å². The Morgan fingerprint density at radius 3 is 2.52 bits per heavy atom. The van der Waals surface area contributed by atoms with Crippen LogP contribution in [0.5, 0.6) is 0 Å². The van der Waals surface area contributed by atoms with Crippen molar-refractivity contribution in [3.05, 3.63) is 0 Å². The highest BCUT2D eigenvalue weighted by Crippen LogP contribution is 2.28. The molecule has 3 N–H and O–H groups in total. The molecule has 6 heteroatoms. The van der Waals surface area contributed by atoms with Gasteiger partial charge in [-0.1, -0.05) is 32.1 Å². The van der Waals surface area contributed by atoms with Crippen LogP contribution >= 0.6 is 0 Å². The van der Waals surface area contributed by atoms with Crippen molar-refractivity contribution in [2.75, 3.05) is 13.1 Å². The number of nitrogens with one attached hydrogen (secondary N) is 1. The maximum atomic E-state index is 12.8. The van der Waals surface area contributed by atoms with E-state index in [1.165, 1.54) is 32.1 Å². The summed E-state index contributed by atoms with van der Waals surface area (Å²) >= 11 is 0. The van der Waals surface area contributed by atoms with E-state index in [1.54, 1.807) is 4.90 Å². The number of rotatable bonds is 7. The lowest BCUT2D eigenvalue weighted by Gasteiger charge is -2.31. The largest absolute Gasteiger partial charge is 0.370 e. The van der Waals surface area contributed by atoms with E-state index >= 15 is 0 Å². The summed E-state index contributed by atoms with van der Waals surface area (Å²) in [5.41, 5.74) is 5.27. The van der Waals surface area contributed by atoms with Gasteiger partial charge < -0.3 is 16.0 Å². The third kappa shape index (κ3) is 6.42. The van der Waals surface area contributed by atoms with Crippen LogP contribution in [0.2, 0.25) is 0 Å². The summed E-state index contributed by atoms with van der Waals surface area (Å²) in [4.78, 5) is 38.2. The van der Waals surface area contributed by atoms with Crippen LogP contribution in [0, 0.1) is 5.92 Å². The number of Topliss-reactive ketones (excluding diaryl/α,β-unsaturated/α-hetero) is 1. The van der Waals surface area contributed by atoms with Gasteiger partial charge in [-0.25, -0.2) is 0 Å². The number of primary amides is 1. The molecule has 1 aliphatic heterocycles. The topological polar surface area (TPSA) is 92.5 Å². The molecular weight excluding hydrogens is 318 g/mol. The first-order valence-electron chi connectivity index (χ1n) is 9.81. The van der Waals surface area contributed by atoms with Crippen LogP contribution in [0.3, 0.4) is 0 Å². The molecule has 142 valence electrons. The highest BCUT2D eigenvalue weighted by Gasteiger charge is 2.32. The van der Waals surface area contributed by atoms with Crippen LogP contribution < -0.4 is 11.1 Å². The third-order valence-electron chi connectivity index (χ3n) is 5.66. The Bertz CT molecular complexity index is 475. The van der Waals surface area contributed by atoms with Gasteiger partial charge in [0.2, 0.25) is 11.8 Å². The molecule has 2 aliphatic rings. The first-order chi connectivity index (χ1) is 12.0. The van der Waals surface area contributed by atoms with Gasteiger partial charge in [0.15, 0.2) is 5.78 Å². The SMILES string of the molecule is C[C@@H]1CC[C@H](N(CCC(N)=O)C(=O)CCC2CCCCC2)C(=O)CN1. The smallest absolute Gasteiger partial charge is 0.223 e. The number of nitrogens with two attached hydrogens (primary N) is 1. The minimum Gasteiger partial charge on any atom is -0.370 e. The second-order valence-electron chi connectivity index (χ2n) is 7.69. The van der Waals surface area contributed by atoms with Gasteiger partial charge >= 0.3 is 0 Å². The Balaban J connectivity index is 1.98. The van der Waals surface area contributed by atoms with Gasteiger partial charge in [-0.15, -0.1) is 0 Å².